The lowest BCUT2D eigenvalue weighted by Crippen LogP contribution is -2.60. The molecule has 2 fully saturated rings. The summed E-state index contributed by atoms with van der Waals surface area (Å²) in [4.78, 5) is 19.0. The Morgan fingerprint density at radius 2 is 1.73 bits per heavy atom. The third-order valence-corrected chi connectivity index (χ3v) is 8.78. The largest absolute Gasteiger partial charge is 0.482 e. The molecule has 2 aliphatic rings. The van der Waals surface area contributed by atoms with E-state index in [1.165, 1.54) is 16.4 Å². The van der Waals surface area contributed by atoms with Gasteiger partial charge in [-0.1, -0.05) is 34.8 Å². The smallest absolute Gasteiger partial charge is 0.260 e. The van der Waals surface area contributed by atoms with Crippen LogP contribution in [0.4, 0.5) is 0 Å². The minimum atomic E-state index is -3.40. The van der Waals surface area contributed by atoms with E-state index in [9.17, 15) is 13.2 Å². The van der Waals surface area contributed by atoms with Crippen molar-refractivity contribution >= 4 is 50.7 Å². The molecule has 0 bridgehead atoms. The Kier molecular flexibility index (Phi) is 9.54. The van der Waals surface area contributed by atoms with E-state index in [4.69, 9.17) is 39.5 Å². The van der Waals surface area contributed by atoms with Crippen LogP contribution in [0.15, 0.2) is 12.1 Å². The summed E-state index contributed by atoms with van der Waals surface area (Å²) in [7, 11) is 0.295. The quantitative estimate of drug-likeness (QED) is 0.448. The molecule has 2 heterocycles. The Labute approximate surface area is 211 Å². The SMILES string of the molecule is CN(C)CCS(=O)(=O)N1CCN(C(=O)COc2cc(Cl)c(Cl)cc2Cl)[C@@H](CN2CCCC2)C1. The van der Waals surface area contributed by atoms with Crippen molar-refractivity contribution < 1.29 is 17.9 Å². The Morgan fingerprint density at radius 3 is 2.39 bits per heavy atom. The molecule has 1 amide bonds. The van der Waals surface area contributed by atoms with Crippen molar-refractivity contribution in [2.75, 3.05) is 72.3 Å². The number of likely N-dealkylation sites (tertiary alicyclic amines) is 1. The van der Waals surface area contributed by atoms with Gasteiger partial charge in [0.25, 0.3) is 5.91 Å². The summed E-state index contributed by atoms with van der Waals surface area (Å²) in [6.45, 7) is 3.66. The fraction of sp³-hybridized carbons (Fsp3) is 0.667. The average Bonchev–Trinajstić information content (AvgIpc) is 3.27. The highest BCUT2D eigenvalue weighted by Gasteiger charge is 2.36. The van der Waals surface area contributed by atoms with Gasteiger partial charge in [-0.25, -0.2) is 8.42 Å². The third kappa shape index (κ3) is 7.34. The molecular formula is C21H31Cl3N4O4S. The molecule has 0 saturated carbocycles. The van der Waals surface area contributed by atoms with Gasteiger partial charge in [-0.2, -0.15) is 4.31 Å². The number of hydrogen-bond donors (Lipinski definition) is 0. The molecule has 0 N–H and O–H groups in total. The van der Waals surface area contributed by atoms with Gasteiger partial charge in [-0.15, -0.1) is 0 Å². The van der Waals surface area contributed by atoms with Gasteiger partial charge in [-0.3, -0.25) is 4.79 Å². The molecule has 186 valence electrons. The van der Waals surface area contributed by atoms with Crippen LogP contribution in [0.1, 0.15) is 12.8 Å². The van der Waals surface area contributed by atoms with Gasteiger partial charge in [0, 0.05) is 38.8 Å². The van der Waals surface area contributed by atoms with Crippen molar-refractivity contribution in [3.63, 3.8) is 0 Å². The van der Waals surface area contributed by atoms with Crippen molar-refractivity contribution in [1.82, 2.24) is 19.0 Å². The summed E-state index contributed by atoms with van der Waals surface area (Å²) < 4.78 is 32.9. The molecule has 33 heavy (non-hydrogen) atoms. The van der Waals surface area contributed by atoms with E-state index in [-0.39, 0.29) is 53.2 Å². The maximum absolute atomic E-state index is 13.1. The molecule has 8 nitrogen and oxygen atoms in total. The van der Waals surface area contributed by atoms with Gasteiger partial charge in [0.2, 0.25) is 10.0 Å². The maximum Gasteiger partial charge on any atom is 0.260 e. The lowest BCUT2D eigenvalue weighted by Gasteiger charge is -2.42. The van der Waals surface area contributed by atoms with Crippen molar-refractivity contribution in [2.24, 2.45) is 0 Å². The van der Waals surface area contributed by atoms with Crippen LogP contribution in [0.25, 0.3) is 0 Å². The minimum absolute atomic E-state index is 0.0588. The Bertz CT molecular complexity index is 942. The molecule has 0 radical (unpaired) electrons. The van der Waals surface area contributed by atoms with E-state index in [1.807, 2.05) is 19.0 Å². The second-order valence-electron chi connectivity index (χ2n) is 8.71. The zero-order valence-corrected chi connectivity index (χ0v) is 22.1. The number of benzene rings is 1. The van der Waals surface area contributed by atoms with Crippen LogP contribution in [0.2, 0.25) is 15.1 Å². The van der Waals surface area contributed by atoms with Gasteiger partial charge in [0.05, 0.1) is 26.9 Å². The second kappa shape index (κ2) is 11.7. The first-order valence-electron chi connectivity index (χ1n) is 11.0. The summed E-state index contributed by atoms with van der Waals surface area (Å²) in [5, 5.41) is 0.854. The molecule has 0 spiro atoms. The standard InChI is InChI=1S/C21H31Cl3N4O4S/c1-25(2)9-10-33(30,31)27-7-8-28(16(14-27)13-26-5-3-4-6-26)21(29)15-32-20-12-18(23)17(22)11-19(20)24/h11-12,16H,3-10,13-15H2,1-2H3/t16-/m0/s1. The van der Waals surface area contributed by atoms with Crippen LogP contribution < -0.4 is 4.74 Å². The van der Waals surface area contributed by atoms with Crippen LogP contribution in [0, 0.1) is 0 Å². The zero-order chi connectivity index (χ0) is 24.2. The molecule has 1 aromatic carbocycles. The average molecular weight is 542 g/mol. The van der Waals surface area contributed by atoms with E-state index < -0.39 is 10.0 Å². The molecule has 2 aliphatic heterocycles. The monoisotopic (exact) mass is 540 g/mol. The van der Waals surface area contributed by atoms with Crippen LogP contribution in [-0.2, 0) is 14.8 Å². The van der Waals surface area contributed by atoms with E-state index in [0.29, 0.717) is 24.7 Å². The summed E-state index contributed by atoms with van der Waals surface area (Å²) in [5.41, 5.74) is 0. The van der Waals surface area contributed by atoms with Crippen LogP contribution in [0.3, 0.4) is 0 Å². The number of ether oxygens (including phenoxy) is 1. The van der Waals surface area contributed by atoms with E-state index in [2.05, 4.69) is 4.90 Å². The lowest BCUT2D eigenvalue weighted by atomic mass is 10.1. The number of carbonyl (C=O) groups excluding carboxylic acids is 1. The summed E-state index contributed by atoms with van der Waals surface area (Å²) >= 11 is 18.1. The lowest BCUT2D eigenvalue weighted by molar-refractivity contribution is -0.138. The van der Waals surface area contributed by atoms with Crippen molar-refractivity contribution in [1.29, 1.82) is 0 Å². The number of sulfonamides is 1. The number of piperazine rings is 1. The molecule has 1 aromatic rings. The topological polar surface area (TPSA) is 73.4 Å². The van der Waals surface area contributed by atoms with Crippen LogP contribution >= 0.6 is 34.8 Å². The summed E-state index contributed by atoms with van der Waals surface area (Å²) in [6, 6.07) is 2.71. The first-order chi connectivity index (χ1) is 15.6. The number of rotatable bonds is 9. The summed E-state index contributed by atoms with van der Waals surface area (Å²) in [5.74, 6) is 0.121. The molecule has 0 aliphatic carbocycles. The third-order valence-electron chi connectivity index (χ3n) is 5.95. The molecule has 3 rings (SSSR count). The van der Waals surface area contributed by atoms with E-state index >= 15 is 0 Å². The van der Waals surface area contributed by atoms with Crippen molar-refractivity contribution in [2.45, 2.75) is 18.9 Å². The molecule has 0 aromatic heterocycles. The number of carbonyl (C=O) groups is 1. The Morgan fingerprint density at radius 1 is 1.06 bits per heavy atom. The van der Waals surface area contributed by atoms with Gasteiger partial charge in [-0.05, 0) is 46.1 Å². The van der Waals surface area contributed by atoms with Gasteiger partial charge in [0.15, 0.2) is 6.61 Å². The van der Waals surface area contributed by atoms with Gasteiger partial charge in [0.1, 0.15) is 5.75 Å². The Balaban J connectivity index is 1.68. The van der Waals surface area contributed by atoms with Crippen molar-refractivity contribution in [3.05, 3.63) is 27.2 Å². The van der Waals surface area contributed by atoms with E-state index in [0.717, 1.165) is 25.9 Å². The van der Waals surface area contributed by atoms with Gasteiger partial charge >= 0.3 is 0 Å². The minimum Gasteiger partial charge on any atom is -0.482 e. The van der Waals surface area contributed by atoms with E-state index in [1.54, 1.807) is 4.90 Å². The number of amides is 1. The molecule has 1 atom stereocenters. The molecule has 0 unspecified atom stereocenters. The molecule has 2 saturated heterocycles. The first-order valence-corrected chi connectivity index (χ1v) is 13.7. The zero-order valence-electron chi connectivity index (χ0n) is 19.0. The fourth-order valence-electron chi connectivity index (χ4n) is 4.09. The van der Waals surface area contributed by atoms with Crippen LogP contribution in [0.5, 0.6) is 5.75 Å². The maximum atomic E-state index is 13.1. The Hall–Kier alpha value is -0.810. The second-order valence-corrected chi connectivity index (χ2v) is 12.0. The predicted molar refractivity (Wildman–Crippen MR) is 132 cm³/mol. The van der Waals surface area contributed by atoms with Crippen LogP contribution in [-0.4, -0.2) is 112 Å². The number of hydrogen-bond acceptors (Lipinski definition) is 6. The predicted octanol–water partition coefficient (Wildman–Crippen LogP) is 2.53. The number of nitrogens with zero attached hydrogens (tertiary/aromatic N) is 4. The summed E-state index contributed by atoms with van der Waals surface area (Å²) in [6.07, 6.45) is 2.23. The normalized spacial score (nSPS) is 20.5. The molecular weight excluding hydrogens is 511 g/mol. The van der Waals surface area contributed by atoms with Gasteiger partial charge < -0.3 is 19.4 Å². The highest BCUT2D eigenvalue weighted by Crippen LogP contribution is 2.34. The fourth-order valence-corrected chi connectivity index (χ4v) is 6.30. The van der Waals surface area contributed by atoms with Crippen molar-refractivity contribution in [3.8, 4) is 5.75 Å². The number of halogens is 3. The highest BCUT2D eigenvalue weighted by molar-refractivity contribution is 7.89. The molecule has 12 heteroatoms. The first kappa shape index (κ1) is 26.8. The highest BCUT2D eigenvalue weighted by atomic mass is 35.5.